The highest BCUT2D eigenvalue weighted by Crippen LogP contribution is 2.12. The van der Waals surface area contributed by atoms with Gasteiger partial charge in [-0.1, -0.05) is 6.92 Å². The highest BCUT2D eigenvalue weighted by atomic mass is 16.2. The van der Waals surface area contributed by atoms with Gasteiger partial charge in [0, 0.05) is 31.4 Å². The number of rotatable bonds is 4. The fourth-order valence-corrected chi connectivity index (χ4v) is 1.71. The number of carbonyl (C=O) groups is 1. The van der Waals surface area contributed by atoms with Gasteiger partial charge in [0.15, 0.2) is 5.82 Å². The Morgan fingerprint density at radius 2 is 2.44 bits per heavy atom. The van der Waals surface area contributed by atoms with E-state index in [1.807, 2.05) is 17.7 Å². The lowest BCUT2D eigenvalue weighted by Crippen LogP contribution is -2.48. The van der Waals surface area contributed by atoms with E-state index < -0.39 is 0 Å². The van der Waals surface area contributed by atoms with Crippen LogP contribution in [0, 0.1) is 12.8 Å². The second kappa shape index (κ2) is 4.65. The lowest BCUT2D eigenvalue weighted by molar-refractivity contribution is -0.121. The van der Waals surface area contributed by atoms with E-state index in [1.54, 1.807) is 0 Å². The molecule has 0 saturated carbocycles. The quantitative estimate of drug-likeness (QED) is 0.790. The molecule has 1 fully saturated rings. The predicted molar refractivity (Wildman–Crippen MR) is 62.2 cm³/mol. The highest BCUT2D eigenvalue weighted by Gasteiger charge is 2.25. The van der Waals surface area contributed by atoms with Gasteiger partial charge in [0.1, 0.15) is 0 Å². The van der Waals surface area contributed by atoms with Gasteiger partial charge in [0.2, 0.25) is 5.91 Å². The third kappa shape index (κ3) is 2.24. The largest absolute Gasteiger partial charge is 0.315 e. The summed E-state index contributed by atoms with van der Waals surface area (Å²) in [6.45, 7) is 6.57. The molecule has 1 aromatic heterocycles. The maximum absolute atomic E-state index is 11.7. The normalized spacial score (nSPS) is 15.9. The van der Waals surface area contributed by atoms with Crippen LogP contribution in [-0.2, 0) is 11.3 Å². The molecule has 0 aliphatic carbocycles. The molecule has 0 aromatic carbocycles. The number of carbonyl (C=O) groups excluding carboxylic acids is 1. The Bertz CT molecular complexity index is 381. The minimum Gasteiger partial charge on any atom is -0.315 e. The van der Waals surface area contributed by atoms with Gasteiger partial charge < -0.3 is 10.6 Å². The summed E-state index contributed by atoms with van der Waals surface area (Å²) in [5, 5.41) is 10.3. The molecule has 0 atom stereocenters. The van der Waals surface area contributed by atoms with E-state index in [4.69, 9.17) is 0 Å². The lowest BCUT2D eigenvalue weighted by Gasteiger charge is -2.25. The van der Waals surface area contributed by atoms with Crippen molar-refractivity contribution in [2.45, 2.75) is 26.8 Å². The van der Waals surface area contributed by atoms with E-state index in [-0.39, 0.29) is 11.8 Å². The molecule has 5 heteroatoms. The van der Waals surface area contributed by atoms with Crippen LogP contribution in [0.25, 0.3) is 0 Å². The third-order valence-electron chi connectivity index (χ3n) is 2.82. The van der Waals surface area contributed by atoms with Crippen molar-refractivity contribution in [1.29, 1.82) is 0 Å². The van der Waals surface area contributed by atoms with Gasteiger partial charge in [-0.3, -0.25) is 9.48 Å². The molecular weight excluding hydrogens is 204 g/mol. The molecule has 0 bridgehead atoms. The maximum Gasteiger partial charge on any atom is 0.231 e. The molecule has 0 unspecified atom stereocenters. The first-order valence-corrected chi connectivity index (χ1v) is 5.76. The van der Waals surface area contributed by atoms with Crippen molar-refractivity contribution in [3.05, 3.63) is 11.8 Å². The highest BCUT2D eigenvalue weighted by molar-refractivity contribution is 5.92. The fourth-order valence-electron chi connectivity index (χ4n) is 1.71. The van der Waals surface area contributed by atoms with Crippen molar-refractivity contribution in [2.24, 2.45) is 5.92 Å². The first-order valence-electron chi connectivity index (χ1n) is 5.76. The zero-order chi connectivity index (χ0) is 11.5. The summed E-state index contributed by atoms with van der Waals surface area (Å²) in [5.41, 5.74) is 1.09. The van der Waals surface area contributed by atoms with Crippen molar-refractivity contribution in [3.8, 4) is 0 Å². The molecule has 0 radical (unpaired) electrons. The third-order valence-corrected chi connectivity index (χ3v) is 2.82. The van der Waals surface area contributed by atoms with Gasteiger partial charge in [-0.2, -0.15) is 5.10 Å². The molecule has 88 valence electrons. The molecule has 1 aliphatic rings. The van der Waals surface area contributed by atoms with Gasteiger partial charge in [-0.25, -0.2) is 0 Å². The van der Waals surface area contributed by atoms with Crippen LogP contribution in [0.15, 0.2) is 6.07 Å². The molecule has 1 aromatic rings. The fraction of sp³-hybridized carbons (Fsp3) is 0.636. The van der Waals surface area contributed by atoms with Crippen molar-refractivity contribution < 1.29 is 4.79 Å². The van der Waals surface area contributed by atoms with Gasteiger partial charge in [-0.15, -0.1) is 0 Å². The van der Waals surface area contributed by atoms with Crippen LogP contribution in [0.4, 0.5) is 5.82 Å². The van der Waals surface area contributed by atoms with E-state index >= 15 is 0 Å². The van der Waals surface area contributed by atoms with Crippen LogP contribution < -0.4 is 10.6 Å². The molecule has 5 nitrogen and oxygen atoms in total. The molecule has 1 aliphatic heterocycles. The number of amides is 1. The SMILES string of the molecule is CCCn1nc(NC(=O)C2CNC2)cc1C. The Kier molecular flexibility index (Phi) is 3.24. The predicted octanol–water partition coefficient (Wildman–Crippen LogP) is 0.759. The van der Waals surface area contributed by atoms with E-state index in [1.165, 1.54) is 0 Å². The summed E-state index contributed by atoms with van der Waals surface area (Å²) in [4.78, 5) is 11.7. The summed E-state index contributed by atoms with van der Waals surface area (Å²) < 4.78 is 1.93. The van der Waals surface area contributed by atoms with Gasteiger partial charge >= 0.3 is 0 Å². The maximum atomic E-state index is 11.7. The number of hydrogen-bond acceptors (Lipinski definition) is 3. The molecule has 2 rings (SSSR count). The Morgan fingerprint density at radius 3 is 3.00 bits per heavy atom. The van der Waals surface area contributed by atoms with E-state index in [9.17, 15) is 4.79 Å². The molecule has 1 amide bonds. The molecule has 2 N–H and O–H groups in total. The second-order valence-electron chi connectivity index (χ2n) is 4.24. The zero-order valence-electron chi connectivity index (χ0n) is 9.79. The standard InChI is InChI=1S/C11H18N4O/c1-3-4-15-8(2)5-10(14-15)13-11(16)9-6-12-7-9/h5,9,12H,3-4,6-7H2,1-2H3,(H,13,14,16). The van der Waals surface area contributed by atoms with E-state index in [2.05, 4.69) is 22.7 Å². The van der Waals surface area contributed by atoms with Gasteiger partial charge in [0.25, 0.3) is 0 Å². The van der Waals surface area contributed by atoms with Crippen LogP contribution in [0.3, 0.4) is 0 Å². The minimum absolute atomic E-state index is 0.0694. The average Bonchev–Trinajstić information content (AvgIpc) is 2.44. The summed E-state index contributed by atoms with van der Waals surface area (Å²) in [5.74, 6) is 0.847. The summed E-state index contributed by atoms with van der Waals surface area (Å²) >= 11 is 0. The number of aryl methyl sites for hydroxylation is 2. The summed E-state index contributed by atoms with van der Waals surface area (Å²) in [6, 6.07) is 1.92. The molecule has 16 heavy (non-hydrogen) atoms. The Labute approximate surface area is 95.2 Å². The monoisotopic (exact) mass is 222 g/mol. The number of anilines is 1. The van der Waals surface area contributed by atoms with Gasteiger partial charge in [-0.05, 0) is 13.3 Å². The van der Waals surface area contributed by atoms with Gasteiger partial charge in [0.05, 0.1) is 5.92 Å². The van der Waals surface area contributed by atoms with Crippen LogP contribution in [0.2, 0.25) is 0 Å². The first-order chi connectivity index (χ1) is 7.70. The molecule has 2 heterocycles. The molecule has 1 saturated heterocycles. The molecular formula is C11H18N4O. The van der Waals surface area contributed by atoms with Crippen LogP contribution >= 0.6 is 0 Å². The first kappa shape index (κ1) is 11.1. The average molecular weight is 222 g/mol. The second-order valence-corrected chi connectivity index (χ2v) is 4.24. The Hall–Kier alpha value is -1.36. The lowest BCUT2D eigenvalue weighted by atomic mass is 10.0. The van der Waals surface area contributed by atoms with Crippen molar-refractivity contribution >= 4 is 11.7 Å². The van der Waals surface area contributed by atoms with Crippen molar-refractivity contribution in [1.82, 2.24) is 15.1 Å². The van der Waals surface area contributed by atoms with E-state index in [0.29, 0.717) is 5.82 Å². The number of nitrogens with zero attached hydrogens (tertiary/aromatic N) is 2. The minimum atomic E-state index is 0.0694. The molecule has 0 spiro atoms. The van der Waals surface area contributed by atoms with Crippen LogP contribution in [0.5, 0.6) is 0 Å². The Balaban J connectivity index is 1.98. The number of hydrogen-bond donors (Lipinski definition) is 2. The van der Waals surface area contributed by atoms with Crippen LogP contribution in [-0.4, -0.2) is 28.8 Å². The summed E-state index contributed by atoms with van der Waals surface area (Å²) in [6.07, 6.45) is 1.04. The zero-order valence-corrected chi connectivity index (χ0v) is 9.79. The topological polar surface area (TPSA) is 59.0 Å². The van der Waals surface area contributed by atoms with E-state index in [0.717, 1.165) is 31.7 Å². The summed E-state index contributed by atoms with van der Waals surface area (Å²) in [7, 11) is 0. The van der Waals surface area contributed by atoms with Crippen molar-refractivity contribution in [2.75, 3.05) is 18.4 Å². The Morgan fingerprint density at radius 1 is 1.69 bits per heavy atom. The smallest absolute Gasteiger partial charge is 0.231 e. The van der Waals surface area contributed by atoms with Crippen molar-refractivity contribution in [3.63, 3.8) is 0 Å². The number of nitrogens with one attached hydrogen (secondary N) is 2. The number of aromatic nitrogens is 2. The van der Waals surface area contributed by atoms with Crippen LogP contribution in [0.1, 0.15) is 19.0 Å².